The third kappa shape index (κ3) is 12.7. The van der Waals surface area contributed by atoms with Crippen molar-refractivity contribution in [2.75, 3.05) is 19.8 Å². The Morgan fingerprint density at radius 3 is 2.56 bits per heavy atom. The highest BCUT2D eigenvalue weighted by Gasteiger charge is 2.10. The quantitative estimate of drug-likeness (QED) is 0.238. The lowest BCUT2D eigenvalue weighted by molar-refractivity contribution is -0.310. The molecule has 0 aromatic carbocycles. The molecule has 0 aliphatic heterocycles. The minimum Gasteiger partial charge on any atom is -0.450 e. The van der Waals surface area contributed by atoms with Crippen molar-refractivity contribution in [3.05, 3.63) is 12.3 Å². The third-order valence-corrected chi connectivity index (χ3v) is 1.12. The van der Waals surface area contributed by atoms with Gasteiger partial charge >= 0.3 is 6.16 Å². The molecule has 0 unspecified atom stereocenters. The van der Waals surface area contributed by atoms with Crippen molar-refractivity contribution in [3.8, 4) is 0 Å². The van der Waals surface area contributed by atoms with Gasteiger partial charge in [0.05, 0.1) is 13.2 Å². The molecule has 6 heteroatoms. The van der Waals surface area contributed by atoms with Crippen molar-refractivity contribution in [2.24, 2.45) is 0 Å². The molecule has 16 heavy (non-hydrogen) atoms. The number of hydrogen-bond donors (Lipinski definition) is 1. The van der Waals surface area contributed by atoms with Crippen LogP contribution in [0.25, 0.3) is 0 Å². The van der Waals surface area contributed by atoms with Crippen LogP contribution in [-0.4, -0.2) is 36.7 Å². The maximum Gasteiger partial charge on any atom is 0.505 e. The van der Waals surface area contributed by atoms with Gasteiger partial charge in [-0.15, -0.1) is 0 Å². The van der Waals surface area contributed by atoms with E-state index in [2.05, 4.69) is 4.74 Å². The van der Waals surface area contributed by atoms with E-state index in [9.17, 15) is 4.79 Å². The first-order valence-corrected chi connectivity index (χ1v) is 4.85. The van der Waals surface area contributed by atoms with Crippen LogP contribution in [0.2, 0.25) is 0 Å². The molecule has 0 saturated carbocycles. The summed E-state index contributed by atoms with van der Waals surface area (Å²) < 4.78 is 9.23. The van der Waals surface area contributed by atoms with E-state index in [-0.39, 0.29) is 18.8 Å². The predicted molar refractivity (Wildman–Crippen MR) is 55.9 cm³/mol. The second-order valence-corrected chi connectivity index (χ2v) is 3.85. The van der Waals surface area contributed by atoms with Crippen molar-refractivity contribution < 1.29 is 29.1 Å². The Morgan fingerprint density at radius 1 is 1.31 bits per heavy atom. The van der Waals surface area contributed by atoms with Crippen LogP contribution in [-0.2, 0) is 19.2 Å². The average Bonchev–Trinajstić information content (AvgIpc) is 2.13. The summed E-state index contributed by atoms with van der Waals surface area (Å²) in [6.07, 6.45) is 1.66. The Bertz CT molecular complexity index is 218. The van der Waals surface area contributed by atoms with Gasteiger partial charge in [-0.2, -0.15) is 4.89 Å². The smallest absolute Gasteiger partial charge is 0.450 e. The van der Waals surface area contributed by atoms with Crippen LogP contribution in [0, 0.1) is 0 Å². The Balaban J connectivity index is 3.25. The number of carbonyl (C=O) groups is 1. The molecule has 0 aromatic rings. The molecule has 0 aliphatic carbocycles. The highest BCUT2D eigenvalue weighted by Crippen LogP contribution is 2.06. The second kappa shape index (κ2) is 7.95. The Morgan fingerprint density at radius 2 is 2.00 bits per heavy atom. The summed E-state index contributed by atoms with van der Waals surface area (Å²) >= 11 is 0. The molecule has 0 rings (SSSR count). The lowest BCUT2D eigenvalue weighted by atomic mass is 10.2. The molecule has 1 N–H and O–H groups in total. The van der Waals surface area contributed by atoms with Gasteiger partial charge in [-0.3, -0.25) is 0 Å². The van der Waals surface area contributed by atoms with Crippen molar-refractivity contribution in [3.63, 3.8) is 0 Å². The third-order valence-electron chi connectivity index (χ3n) is 1.12. The summed E-state index contributed by atoms with van der Waals surface area (Å²) in [5.74, 6) is 0. The molecule has 0 amide bonds. The Labute approximate surface area is 94.7 Å². The summed E-state index contributed by atoms with van der Waals surface area (Å²) in [7, 11) is 0. The van der Waals surface area contributed by atoms with Crippen molar-refractivity contribution in [2.45, 2.75) is 26.4 Å². The monoisotopic (exact) mass is 234 g/mol. The average molecular weight is 234 g/mol. The number of ether oxygens (including phenoxy) is 2. The lowest BCUT2D eigenvalue weighted by Crippen LogP contribution is -2.17. The molecule has 0 radical (unpaired) electrons. The van der Waals surface area contributed by atoms with Gasteiger partial charge in [-0.05, 0) is 26.8 Å². The molecule has 94 valence electrons. The fourth-order valence-electron chi connectivity index (χ4n) is 0.590. The van der Waals surface area contributed by atoms with Crippen LogP contribution in [0.4, 0.5) is 4.79 Å². The first-order valence-electron chi connectivity index (χ1n) is 4.85. The lowest BCUT2D eigenvalue weighted by Gasteiger charge is -2.15. The number of carboxylic acid groups (broad SMARTS) is 1. The van der Waals surface area contributed by atoms with Crippen LogP contribution in [0.3, 0.4) is 0 Å². The number of rotatable bonds is 7. The molecule has 0 bridgehead atoms. The van der Waals surface area contributed by atoms with Gasteiger partial charge in [0.2, 0.25) is 0 Å². The maximum atomic E-state index is 9.94. The topological polar surface area (TPSA) is 74.2 Å². The zero-order valence-corrected chi connectivity index (χ0v) is 9.76. The van der Waals surface area contributed by atoms with Gasteiger partial charge in [0.15, 0.2) is 0 Å². The highest BCUT2D eigenvalue weighted by molar-refractivity contribution is 5.56. The van der Waals surface area contributed by atoms with E-state index in [1.54, 1.807) is 6.08 Å². The fraction of sp³-hybridized carbons (Fsp3) is 0.700. The standard InChI is InChI=1S/C10H18O6/c1-10(2,3)16-15-6-4-5-13-7-8-14-9(11)12/h4,6H,5,7-8H2,1-3H3,(H,11,12). The van der Waals surface area contributed by atoms with Gasteiger partial charge in [-0.25, -0.2) is 4.79 Å². The Hall–Kier alpha value is -1.27. The van der Waals surface area contributed by atoms with E-state index in [1.807, 2.05) is 20.8 Å². The summed E-state index contributed by atoms with van der Waals surface area (Å²) in [5, 5.41) is 8.13. The molecule has 0 aliphatic rings. The summed E-state index contributed by atoms with van der Waals surface area (Å²) in [6, 6.07) is 0. The second-order valence-electron chi connectivity index (χ2n) is 3.85. The van der Waals surface area contributed by atoms with E-state index >= 15 is 0 Å². The van der Waals surface area contributed by atoms with Gasteiger partial charge in [0.1, 0.15) is 18.5 Å². The van der Waals surface area contributed by atoms with Crippen LogP contribution < -0.4 is 0 Å². The molecule has 0 saturated heterocycles. The Kier molecular flexibility index (Phi) is 7.32. The van der Waals surface area contributed by atoms with Gasteiger partial charge in [0, 0.05) is 0 Å². The molecule has 0 fully saturated rings. The normalized spacial score (nSPS) is 11.7. The predicted octanol–water partition coefficient (Wildman–Crippen LogP) is 1.96. The van der Waals surface area contributed by atoms with Gasteiger partial charge in [-0.1, -0.05) is 0 Å². The van der Waals surface area contributed by atoms with E-state index in [1.165, 1.54) is 6.26 Å². The maximum absolute atomic E-state index is 9.94. The van der Waals surface area contributed by atoms with Crippen LogP contribution in [0.5, 0.6) is 0 Å². The zero-order chi connectivity index (χ0) is 12.4. The molecule has 0 heterocycles. The minimum atomic E-state index is -1.30. The summed E-state index contributed by atoms with van der Waals surface area (Å²) in [6.45, 7) is 6.11. The zero-order valence-electron chi connectivity index (χ0n) is 9.76. The molecule has 0 atom stereocenters. The van der Waals surface area contributed by atoms with E-state index < -0.39 is 6.16 Å². The summed E-state index contributed by atoms with van der Waals surface area (Å²) in [4.78, 5) is 19.6. The fourth-order valence-corrected chi connectivity index (χ4v) is 0.590. The SMILES string of the molecule is CC(C)(C)OOC=CCOCCOC(=O)O. The van der Waals surface area contributed by atoms with Crippen LogP contribution >= 0.6 is 0 Å². The largest absolute Gasteiger partial charge is 0.505 e. The van der Waals surface area contributed by atoms with Crippen molar-refractivity contribution >= 4 is 6.16 Å². The first kappa shape index (κ1) is 14.7. The molecule has 6 nitrogen and oxygen atoms in total. The molecular formula is C10H18O6. The van der Waals surface area contributed by atoms with E-state index in [0.29, 0.717) is 6.61 Å². The van der Waals surface area contributed by atoms with Crippen molar-refractivity contribution in [1.29, 1.82) is 0 Å². The highest BCUT2D eigenvalue weighted by atomic mass is 17.2. The van der Waals surface area contributed by atoms with Crippen LogP contribution in [0.1, 0.15) is 20.8 Å². The van der Waals surface area contributed by atoms with E-state index in [0.717, 1.165) is 0 Å². The van der Waals surface area contributed by atoms with Gasteiger partial charge < -0.3 is 19.5 Å². The molecule has 0 aromatic heterocycles. The first-order chi connectivity index (χ1) is 7.42. The van der Waals surface area contributed by atoms with Crippen LogP contribution in [0.15, 0.2) is 12.3 Å². The number of hydrogen-bond acceptors (Lipinski definition) is 5. The molecule has 0 spiro atoms. The van der Waals surface area contributed by atoms with Crippen molar-refractivity contribution in [1.82, 2.24) is 0 Å². The van der Waals surface area contributed by atoms with Gasteiger partial charge in [0.25, 0.3) is 0 Å². The van der Waals surface area contributed by atoms with E-state index in [4.69, 9.17) is 19.6 Å². The molecular weight excluding hydrogens is 216 g/mol. The summed E-state index contributed by atoms with van der Waals surface area (Å²) in [5.41, 5.74) is -0.361. The minimum absolute atomic E-state index is 0.0164.